The lowest BCUT2D eigenvalue weighted by atomic mass is 9.97. The lowest BCUT2D eigenvalue weighted by Gasteiger charge is -2.29. The van der Waals surface area contributed by atoms with E-state index in [1.807, 2.05) is 24.3 Å². The third kappa shape index (κ3) is 5.50. The maximum atomic E-state index is 12.3. The van der Waals surface area contributed by atoms with Crippen LogP contribution in [0.3, 0.4) is 0 Å². The molecular weight excluding hydrogens is 342 g/mol. The minimum atomic E-state index is -0.828. The number of rotatable bonds is 6. The number of carbonyl (C=O) groups is 2. The zero-order valence-electron chi connectivity index (χ0n) is 13.7. The molecule has 1 aliphatic heterocycles. The van der Waals surface area contributed by atoms with Crippen LogP contribution in [-0.4, -0.2) is 41.5 Å². The second kappa shape index (κ2) is 9.09. The standard InChI is InChI=1S/C18H20ClN3O3/c19-16-3-1-2-13(10-16)4-7-21-12-15(11-20)17(23)22-8-5-14(6-9-22)18(24)25/h1-3,10,12,14,21H,4-9H2,(H,24,25)/b15-12-. The van der Waals surface area contributed by atoms with E-state index in [2.05, 4.69) is 5.32 Å². The number of carboxylic acid groups (broad SMARTS) is 1. The number of benzene rings is 1. The van der Waals surface area contributed by atoms with Gasteiger partial charge in [0.25, 0.3) is 5.91 Å². The number of carboxylic acids is 1. The Balaban J connectivity index is 1.84. The quantitative estimate of drug-likeness (QED) is 0.460. The molecule has 25 heavy (non-hydrogen) atoms. The summed E-state index contributed by atoms with van der Waals surface area (Å²) < 4.78 is 0. The van der Waals surface area contributed by atoms with Crippen LogP contribution in [0.25, 0.3) is 0 Å². The Bertz CT molecular complexity index is 704. The first kappa shape index (κ1) is 18.8. The van der Waals surface area contributed by atoms with Crippen molar-refractivity contribution in [2.75, 3.05) is 19.6 Å². The largest absolute Gasteiger partial charge is 0.481 e. The monoisotopic (exact) mass is 361 g/mol. The third-order valence-electron chi connectivity index (χ3n) is 4.18. The normalized spacial score (nSPS) is 15.5. The number of nitrogens with one attached hydrogen (secondary N) is 1. The van der Waals surface area contributed by atoms with Crippen LogP contribution in [0.15, 0.2) is 36.0 Å². The molecule has 0 aromatic heterocycles. The van der Waals surface area contributed by atoms with Crippen LogP contribution in [-0.2, 0) is 16.0 Å². The highest BCUT2D eigenvalue weighted by molar-refractivity contribution is 6.30. The molecule has 0 atom stereocenters. The van der Waals surface area contributed by atoms with E-state index in [0.29, 0.717) is 43.9 Å². The summed E-state index contributed by atoms with van der Waals surface area (Å²) in [5.74, 6) is -1.60. The van der Waals surface area contributed by atoms with Crippen molar-refractivity contribution in [3.63, 3.8) is 0 Å². The van der Waals surface area contributed by atoms with Gasteiger partial charge in [0.15, 0.2) is 0 Å². The number of nitriles is 1. The van der Waals surface area contributed by atoms with Gasteiger partial charge in [-0.25, -0.2) is 0 Å². The van der Waals surface area contributed by atoms with Crippen molar-refractivity contribution in [1.29, 1.82) is 5.26 Å². The smallest absolute Gasteiger partial charge is 0.306 e. The molecule has 0 bridgehead atoms. The highest BCUT2D eigenvalue weighted by Crippen LogP contribution is 2.18. The zero-order valence-corrected chi connectivity index (χ0v) is 14.5. The van der Waals surface area contributed by atoms with E-state index in [0.717, 1.165) is 5.56 Å². The fourth-order valence-corrected chi connectivity index (χ4v) is 2.94. The zero-order chi connectivity index (χ0) is 18.2. The number of hydrogen-bond donors (Lipinski definition) is 2. The predicted octanol–water partition coefficient (Wildman–Crippen LogP) is 2.20. The number of hydrogen-bond acceptors (Lipinski definition) is 4. The molecule has 1 saturated heterocycles. The third-order valence-corrected chi connectivity index (χ3v) is 4.41. The van der Waals surface area contributed by atoms with E-state index in [1.165, 1.54) is 11.1 Å². The molecule has 0 aliphatic carbocycles. The summed E-state index contributed by atoms with van der Waals surface area (Å²) in [4.78, 5) is 24.8. The van der Waals surface area contributed by atoms with Crippen LogP contribution < -0.4 is 5.32 Å². The molecular formula is C18H20ClN3O3. The maximum absolute atomic E-state index is 12.3. The van der Waals surface area contributed by atoms with Crippen molar-refractivity contribution in [3.05, 3.63) is 46.6 Å². The van der Waals surface area contributed by atoms with Crippen LogP contribution in [0.1, 0.15) is 18.4 Å². The van der Waals surface area contributed by atoms with Gasteiger partial charge < -0.3 is 15.3 Å². The number of aliphatic carboxylic acids is 1. The summed E-state index contributed by atoms with van der Waals surface area (Å²) in [6.45, 7) is 1.29. The maximum Gasteiger partial charge on any atom is 0.306 e. The Hall–Kier alpha value is -2.52. The molecule has 1 heterocycles. The first-order valence-corrected chi connectivity index (χ1v) is 8.49. The van der Waals surface area contributed by atoms with Crippen LogP contribution in [0.4, 0.5) is 0 Å². The van der Waals surface area contributed by atoms with Gasteiger partial charge in [-0.2, -0.15) is 5.26 Å². The number of halogens is 1. The van der Waals surface area contributed by atoms with Crippen molar-refractivity contribution >= 4 is 23.5 Å². The molecule has 7 heteroatoms. The van der Waals surface area contributed by atoms with Crippen molar-refractivity contribution in [3.8, 4) is 6.07 Å². The van der Waals surface area contributed by atoms with Crippen molar-refractivity contribution in [2.45, 2.75) is 19.3 Å². The second-order valence-electron chi connectivity index (χ2n) is 5.91. The summed E-state index contributed by atoms with van der Waals surface area (Å²) in [5.41, 5.74) is 1.09. The number of amides is 1. The molecule has 0 unspecified atom stereocenters. The summed E-state index contributed by atoms with van der Waals surface area (Å²) >= 11 is 5.93. The first-order chi connectivity index (χ1) is 12.0. The Labute approximate surface area is 151 Å². The number of likely N-dealkylation sites (tertiary alicyclic amines) is 1. The highest BCUT2D eigenvalue weighted by atomic mass is 35.5. The minimum Gasteiger partial charge on any atom is -0.481 e. The van der Waals surface area contributed by atoms with E-state index < -0.39 is 11.9 Å². The van der Waals surface area contributed by atoms with Crippen molar-refractivity contribution < 1.29 is 14.7 Å². The van der Waals surface area contributed by atoms with Crippen LogP contribution >= 0.6 is 11.6 Å². The molecule has 1 aromatic carbocycles. The first-order valence-electron chi connectivity index (χ1n) is 8.11. The number of carbonyl (C=O) groups excluding carboxylic acids is 1. The van der Waals surface area contributed by atoms with Gasteiger partial charge in [-0.1, -0.05) is 23.7 Å². The highest BCUT2D eigenvalue weighted by Gasteiger charge is 2.28. The van der Waals surface area contributed by atoms with Gasteiger partial charge in [0.05, 0.1) is 5.92 Å². The lowest BCUT2D eigenvalue weighted by molar-refractivity contribution is -0.145. The van der Waals surface area contributed by atoms with Gasteiger partial charge in [-0.3, -0.25) is 9.59 Å². The Kier molecular flexibility index (Phi) is 6.84. The van der Waals surface area contributed by atoms with Crippen molar-refractivity contribution in [2.24, 2.45) is 5.92 Å². The van der Waals surface area contributed by atoms with Gasteiger partial charge >= 0.3 is 5.97 Å². The molecule has 1 fully saturated rings. The molecule has 0 radical (unpaired) electrons. The SMILES string of the molecule is N#C/C(=C/NCCc1cccc(Cl)c1)C(=O)N1CCC(C(=O)O)CC1. The molecule has 1 aromatic rings. The van der Waals surface area contributed by atoms with Gasteiger partial charge in [-0.05, 0) is 37.0 Å². The lowest BCUT2D eigenvalue weighted by Crippen LogP contribution is -2.41. The topological polar surface area (TPSA) is 93.4 Å². The average Bonchev–Trinajstić information content (AvgIpc) is 2.61. The Morgan fingerprint density at radius 1 is 1.40 bits per heavy atom. The van der Waals surface area contributed by atoms with E-state index in [9.17, 15) is 14.9 Å². The predicted molar refractivity (Wildman–Crippen MR) is 93.8 cm³/mol. The fourth-order valence-electron chi connectivity index (χ4n) is 2.72. The van der Waals surface area contributed by atoms with Crippen molar-refractivity contribution in [1.82, 2.24) is 10.2 Å². The summed E-state index contributed by atoms with van der Waals surface area (Å²) in [5, 5.41) is 21.8. The Morgan fingerprint density at radius 3 is 2.72 bits per heavy atom. The number of nitrogens with zero attached hydrogens (tertiary/aromatic N) is 2. The van der Waals surface area contributed by atoms with Gasteiger partial charge in [0, 0.05) is 30.9 Å². The van der Waals surface area contributed by atoms with Crippen LogP contribution in [0.5, 0.6) is 0 Å². The van der Waals surface area contributed by atoms with Gasteiger partial charge in [-0.15, -0.1) is 0 Å². The minimum absolute atomic E-state index is 0.0277. The Morgan fingerprint density at radius 2 is 2.12 bits per heavy atom. The fraction of sp³-hybridized carbons (Fsp3) is 0.389. The molecule has 132 valence electrons. The van der Waals surface area contributed by atoms with Gasteiger partial charge in [0.1, 0.15) is 11.6 Å². The molecule has 0 spiro atoms. The van der Waals surface area contributed by atoms with Gasteiger partial charge in [0.2, 0.25) is 0 Å². The molecule has 2 rings (SSSR count). The molecule has 6 nitrogen and oxygen atoms in total. The average molecular weight is 362 g/mol. The molecule has 2 N–H and O–H groups in total. The summed E-state index contributed by atoms with van der Waals surface area (Å²) in [6.07, 6.45) is 2.98. The summed E-state index contributed by atoms with van der Waals surface area (Å²) in [7, 11) is 0. The molecule has 0 saturated carbocycles. The van der Waals surface area contributed by atoms with E-state index in [4.69, 9.17) is 16.7 Å². The van der Waals surface area contributed by atoms with Crippen LogP contribution in [0.2, 0.25) is 5.02 Å². The second-order valence-corrected chi connectivity index (χ2v) is 6.35. The van der Waals surface area contributed by atoms with E-state index in [-0.39, 0.29) is 11.5 Å². The summed E-state index contributed by atoms with van der Waals surface area (Å²) in [6, 6.07) is 9.42. The van der Waals surface area contributed by atoms with Crippen LogP contribution in [0, 0.1) is 17.2 Å². The van der Waals surface area contributed by atoms with E-state index >= 15 is 0 Å². The molecule has 1 aliphatic rings. The molecule has 1 amide bonds. The number of piperidine rings is 1. The van der Waals surface area contributed by atoms with E-state index in [1.54, 1.807) is 6.07 Å².